The number of nitrogens with one attached hydrogen (secondary N) is 3. The van der Waals surface area contributed by atoms with Gasteiger partial charge >= 0.3 is 0 Å². The quantitative estimate of drug-likeness (QED) is 0.727. The number of guanidine groups is 1. The molecule has 1 aliphatic heterocycles. The molecule has 0 radical (unpaired) electrons. The molecule has 3 aliphatic rings. The average Bonchev–Trinajstić information content (AvgIpc) is 3.31. The van der Waals surface area contributed by atoms with Crippen LogP contribution in [0.1, 0.15) is 51.1 Å². The molecule has 0 bridgehead atoms. The number of nitriles is 1. The topological polar surface area (TPSA) is 85.1 Å². The lowest BCUT2D eigenvalue weighted by atomic mass is 10.0. The highest BCUT2D eigenvalue weighted by Gasteiger charge is 2.23. The maximum absolute atomic E-state index is 9.81. The molecule has 2 fully saturated rings. The highest BCUT2D eigenvalue weighted by Crippen LogP contribution is 2.26. The summed E-state index contributed by atoms with van der Waals surface area (Å²) in [5.74, 6) is 1.55. The number of hydrogen-bond acceptors (Lipinski definition) is 4. The molecule has 0 unspecified atom stereocenters. The zero-order valence-corrected chi connectivity index (χ0v) is 15.0. The van der Waals surface area contributed by atoms with E-state index in [1.54, 1.807) is 0 Å². The standard InChI is InChI=1S/C20H24N6/c1-13-12-22-20(24-14-5-2-3-6-14)26-19(13)16(11-21)17-7-4-8-18(25-17)23-15-9-10-15/h4,7-8,12,14-15H,2-3,5-6,9-10H2,1H3,(H,23,25)(H2,22,24,26)/b19-16+. The molecule has 2 saturated carbocycles. The lowest BCUT2D eigenvalue weighted by molar-refractivity contribution is 0.696. The second-order valence-electron chi connectivity index (χ2n) is 7.20. The zero-order chi connectivity index (χ0) is 17.9. The maximum atomic E-state index is 9.81. The first-order valence-electron chi connectivity index (χ1n) is 9.40. The van der Waals surface area contributed by atoms with Gasteiger partial charge in [-0.2, -0.15) is 5.26 Å². The Kier molecular flexibility index (Phi) is 4.61. The van der Waals surface area contributed by atoms with Crippen molar-refractivity contribution in [3.63, 3.8) is 0 Å². The Balaban J connectivity index is 1.64. The van der Waals surface area contributed by atoms with Crippen LogP contribution in [0.5, 0.6) is 0 Å². The molecule has 3 N–H and O–H groups in total. The van der Waals surface area contributed by atoms with E-state index in [1.165, 1.54) is 25.7 Å². The fourth-order valence-electron chi connectivity index (χ4n) is 3.38. The largest absolute Gasteiger partial charge is 0.367 e. The summed E-state index contributed by atoms with van der Waals surface area (Å²) in [5, 5.41) is 19.7. The minimum Gasteiger partial charge on any atom is -0.367 e. The number of anilines is 1. The molecule has 2 aliphatic carbocycles. The SMILES string of the molecule is CC1=CNC(=NC2CCCC2)N/C1=C(\C#N)c1cccc(NC2CC2)n1. The van der Waals surface area contributed by atoms with E-state index >= 15 is 0 Å². The second kappa shape index (κ2) is 7.20. The fraction of sp³-hybridized carbons (Fsp3) is 0.450. The van der Waals surface area contributed by atoms with Crippen molar-refractivity contribution < 1.29 is 0 Å². The number of rotatable bonds is 4. The first kappa shape index (κ1) is 16.6. The molecule has 0 aromatic carbocycles. The van der Waals surface area contributed by atoms with Gasteiger partial charge in [-0.1, -0.05) is 18.9 Å². The van der Waals surface area contributed by atoms with Gasteiger partial charge in [-0.25, -0.2) is 9.98 Å². The number of pyridine rings is 1. The average molecular weight is 348 g/mol. The minimum absolute atomic E-state index is 0.368. The van der Waals surface area contributed by atoms with Crippen molar-refractivity contribution in [2.24, 2.45) is 4.99 Å². The van der Waals surface area contributed by atoms with Crippen LogP contribution >= 0.6 is 0 Å². The maximum Gasteiger partial charge on any atom is 0.200 e. The predicted molar refractivity (Wildman–Crippen MR) is 103 cm³/mol. The van der Waals surface area contributed by atoms with Gasteiger partial charge < -0.3 is 16.0 Å². The highest BCUT2D eigenvalue weighted by atomic mass is 15.2. The summed E-state index contributed by atoms with van der Waals surface area (Å²) in [4.78, 5) is 9.41. The van der Waals surface area contributed by atoms with E-state index in [0.717, 1.165) is 35.9 Å². The molecule has 0 amide bonds. The third-order valence-electron chi connectivity index (χ3n) is 5.00. The van der Waals surface area contributed by atoms with Crippen LogP contribution in [-0.4, -0.2) is 23.0 Å². The van der Waals surface area contributed by atoms with Crippen molar-refractivity contribution in [2.75, 3.05) is 5.32 Å². The Labute approximate surface area is 154 Å². The van der Waals surface area contributed by atoms with Crippen LogP contribution in [0.2, 0.25) is 0 Å². The summed E-state index contributed by atoms with van der Waals surface area (Å²) in [7, 11) is 0. The lowest BCUT2D eigenvalue weighted by Crippen LogP contribution is -2.39. The summed E-state index contributed by atoms with van der Waals surface area (Å²) in [6, 6.07) is 9.01. The van der Waals surface area contributed by atoms with Crippen LogP contribution in [-0.2, 0) is 0 Å². The van der Waals surface area contributed by atoms with Gasteiger partial charge in [-0.05, 0) is 50.3 Å². The lowest BCUT2D eigenvalue weighted by Gasteiger charge is -2.22. The van der Waals surface area contributed by atoms with Crippen LogP contribution < -0.4 is 16.0 Å². The van der Waals surface area contributed by atoms with Crippen molar-refractivity contribution in [1.82, 2.24) is 15.6 Å². The van der Waals surface area contributed by atoms with Gasteiger partial charge in [0.15, 0.2) is 5.96 Å². The molecule has 6 heteroatoms. The third-order valence-corrected chi connectivity index (χ3v) is 5.00. The van der Waals surface area contributed by atoms with Gasteiger partial charge in [-0.15, -0.1) is 0 Å². The number of allylic oxidation sites excluding steroid dienone is 2. The van der Waals surface area contributed by atoms with E-state index in [-0.39, 0.29) is 0 Å². The zero-order valence-electron chi connectivity index (χ0n) is 15.0. The molecule has 1 aromatic rings. The summed E-state index contributed by atoms with van der Waals surface area (Å²) in [6.45, 7) is 1.98. The molecule has 134 valence electrons. The Morgan fingerprint density at radius 2 is 2.08 bits per heavy atom. The molecule has 2 heterocycles. The van der Waals surface area contributed by atoms with Crippen LogP contribution in [0, 0.1) is 11.3 Å². The Bertz CT molecular complexity index is 819. The first-order valence-corrected chi connectivity index (χ1v) is 9.40. The number of nitrogens with zero attached hydrogens (tertiary/aromatic N) is 3. The summed E-state index contributed by atoms with van der Waals surface area (Å²) in [5.41, 5.74) is 2.96. The van der Waals surface area contributed by atoms with Gasteiger partial charge in [0.25, 0.3) is 0 Å². The molecular weight excluding hydrogens is 324 g/mol. The van der Waals surface area contributed by atoms with E-state index in [0.29, 0.717) is 23.4 Å². The minimum atomic E-state index is 0.368. The molecule has 0 spiro atoms. The van der Waals surface area contributed by atoms with E-state index in [1.807, 2.05) is 31.3 Å². The summed E-state index contributed by atoms with van der Waals surface area (Å²) < 4.78 is 0. The molecule has 1 aromatic heterocycles. The van der Waals surface area contributed by atoms with Crippen LogP contribution in [0.15, 0.2) is 40.7 Å². The summed E-state index contributed by atoms with van der Waals surface area (Å²) in [6.07, 6.45) is 9.04. The molecule has 26 heavy (non-hydrogen) atoms. The monoisotopic (exact) mass is 348 g/mol. The van der Waals surface area contributed by atoms with E-state index in [9.17, 15) is 5.26 Å². The second-order valence-corrected chi connectivity index (χ2v) is 7.20. The van der Waals surface area contributed by atoms with Crippen molar-refractivity contribution >= 4 is 17.4 Å². The number of aliphatic imine (C=N–C) groups is 1. The molecular formula is C20H24N6. The predicted octanol–water partition coefficient (Wildman–Crippen LogP) is 3.29. The highest BCUT2D eigenvalue weighted by molar-refractivity contribution is 5.91. The van der Waals surface area contributed by atoms with Crippen molar-refractivity contribution in [1.29, 1.82) is 5.26 Å². The third kappa shape index (κ3) is 3.72. The first-order chi connectivity index (χ1) is 12.7. The van der Waals surface area contributed by atoms with Crippen LogP contribution in [0.4, 0.5) is 5.82 Å². The van der Waals surface area contributed by atoms with Crippen molar-refractivity contribution in [2.45, 2.75) is 57.5 Å². The van der Waals surface area contributed by atoms with Gasteiger partial charge in [0.05, 0.1) is 17.4 Å². The van der Waals surface area contributed by atoms with E-state index in [2.05, 4.69) is 27.0 Å². The smallest absolute Gasteiger partial charge is 0.200 e. The van der Waals surface area contributed by atoms with Gasteiger partial charge in [-0.3, -0.25) is 0 Å². The number of hydrogen-bond donors (Lipinski definition) is 3. The molecule has 6 nitrogen and oxygen atoms in total. The van der Waals surface area contributed by atoms with Crippen LogP contribution in [0.3, 0.4) is 0 Å². The number of aromatic nitrogens is 1. The van der Waals surface area contributed by atoms with Crippen molar-refractivity contribution in [3.8, 4) is 6.07 Å². The van der Waals surface area contributed by atoms with Gasteiger partial charge in [0.2, 0.25) is 0 Å². The summed E-state index contributed by atoms with van der Waals surface area (Å²) >= 11 is 0. The van der Waals surface area contributed by atoms with E-state index in [4.69, 9.17) is 4.99 Å². The molecule has 0 atom stereocenters. The molecule has 0 saturated heterocycles. The Hall–Kier alpha value is -2.81. The van der Waals surface area contributed by atoms with Gasteiger partial charge in [0, 0.05) is 12.2 Å². The normalized spacial score (nSPS) is 23.7. The van der Waals surface area contributed by atoms with Gasteiger partial charge in [0.1, 0.15) is 17.5 Å². The van der Waals surface area contributed by atoms with E-state index < -0.39 is 0 Å². The van der Waals surface area contributed by atoms with Crippen molar-refractivity contribution in [3.05, 3.63) is 41.4 Å². The molecule has 4 rings (SSSR count). The fourth-order valence-corrected chi connectivity index (χ4v) is 3.38. The Morgan fingerprint density at radius 3 is 2.81 bits per heavy atom. The Morgan fingerprint density at radius 1 is 1.27 bits per heavy atom. The van der Waals surface area contributed by atoms with Crippen LogP contribution in [0.25, 0.3) is 5.57 Å².